The summed E-state index contributed by atoms with van der Waals surface area (Å²) in [6, 6.07) is 6.69. The van der Waals surface area contributed by atoms with Gasteiger partial charge in [0.15, 0.2) is 0 Å². The van der Waals surface area contributed by atoms with E-state index in [-0.39, 0.29) is 18.6 Å². The number of nitrogens with one attached hydrogen (secondary N) is 1. The third-order valence-electron chi connectivity index (χ3n) is 3.23. The Balaban J connectivity index is 2.07. The van der Waals surface area contributed by atoms with E-state index >= 15 is 0 Å². The molecular formula is C16H21ClN2O3. The molecule has 1 atom stereocenters. The predicted octanol–water partition coefficient (Wildman–Crippen LogP) is 3.56. The summed E-state index contributed by atoms with van der Waals surface area (Å²) in [5.41, 5.74) is -0.212. The third kappa shape index (κ3) is 4.15. The van der Waals surface area contributed by atoms with Gasteiger partial charge in [-0.05, 0) is 45.0 Å². The van der Waals surface area contributed by atoms with Crippen molar-refractivity contribution in [1.29, 1.82) is 0 Å². The lowest BCUT2D eigenvalue weighted by Gasteiger charge is -2.26. The van der Waals surface area contributed by atoms with Crippen LogP contribution in [0.5, 0.6) is 0 Å². The third-order valence-corrected chi connectivity index (χ3v) is 3.47. The zero-order chi connectivity index (χ0) is 16.5. The Labute approximate surface area is 134 Å². The first kappa shape index (κ1) is 16.6. The number of nitrogens with zero attached hydrogens (tertiary/aromatic N) is 1. The highest BCUT2D eigenvalue weighted by Gasteiger charge is 2.21. The number of rotatable bonds is 4. The van der Waals surface area contributed by atoms with E-state index < -0.39 is 5.60 Å². The first-order valence-corrected chi connectivity index (χ1v) is 7.46. The number of likely N-dealkylation sites (N-methyl/N-ethyl adjacent to an activating group) is 1. The van der Waals surface area contributed by atoms with E-state index in [0.717, 1.165) is 11.0 Å². The van der Waals surface area contributed by atoms with Crippen molar-refractivity contribution in [3.05, 3.63) is 35.0 Å². The van der Waals surface area contributed by atoms with Gasteiger partial charge in [0.1, 0.15) is 11.3 Å². The number of aliphatic hydroxyl groups is 1. The molecule has 2 amide bonds. The van der Waals surface area contributed by atoms with Crippen LogP contribution in [-0.2, 0) is 0 Å². The first-order valence-electron chi connectivity index (χ1n) is 7.09. The number of hydrogen-bond acceptors (Lipinski definition) is 3. The number of benzene rings is 1. The normalized spacial score (nSPS) is 13.2. The Hall–Kier alpha value is -1.72. The van der Waals surface area contributed by atoms with E-state index in [1.165, 1.54) is 4.90 Å². The lowest BCUT2D eigenvalue weighted by molar-refractivity contribution is 0.0527. The standard InChI is InChI=1S/C16H21ClN2O3/c1-10(18-15(20)19(4)9-16(2,3)21)14-8-11-7-12(17)5-6-13(11)22-14/h5-8,10,21H,9H2,1-4H3,(H,18,20). The summed E-state index contributed by atoms with van der Waals surface area (Å²) in [4.78, 5) is 13.6. The van der Waals surface area contributed by atoms with Gasteiger partial charge in [-0.3, -0.25) is 0 Å². The molecular weight excluding hydrogens is 304 g/mol. The van der Waals surface area contributed by atoms with Crippen LogP contribution in [0.4, 0.5) is 4.79 Å². The zero-order valence-corrected chi connectivity index (χ0v) is 13.9. The molecule has 0 aliphatic rings. The topological polar surface area (TPSA) is 65.7 Å². The molecule has 0 bridgehead atoms. The van der Waals surface area contributed by atoms with Gasteiger partial charge in [0, 0.05) is 17.5 Å². The van der Waals surface area contributed by atoms with Crippen molar-refractivity contribution in [2.24, 2.45) is 0 Å². The van der Waals surface area contributed by atoms with E-state index in [9.17, 15) is 9.90 Å². The summed E-state index contributed by atoms with van der Waals surface area (Å²) >= 11 is 5.95. The van der Waals surface area contributed by atoms with Crippen LogP contribution in [0.25, 0.3) is 11.0 Å². The number of hydrogen-bond donors (Lipinski definition) is 2. The average Bonchev–Trinajstić information content (AvgIpc) is 2.79. The largest absolute Gasteiger partial charge is 0.459 e. The van der Waals surface area contributed by atoms with Crippen LogP contribution >= 0.6 is 11.6 Å². The molecule has 0 radical (unpaired) electrons. The van der Waals surface area contributed by atoms with Gasteiger partial charge in [-0.1, -0.05) is 11.6 Å². The van der Waals surface area contributed by atoms with Crippen molar-refractivity contribution in [3.63, 3.8) is 0 Å². The highest BCUT2D eigenvalue weighted by atomic mass is 35.5. The molecule has 2 aromatic rings. The Kier molecular flexibility index (Phi) is 4.68. The number of urea groups is 1. The van der Waals surface area contributed by atoms with Gasteiger partial charge >= 0.3 is 6.03 Å². The minimum absolute atomic E-state index is 0.237. The van der Waals surface area contributed by atoms with Gasteiger partial charge in [0.05, 0.1) is 18.2 Å². The van der Waals surface area contributed by atoms with E-state index in [0.29, 0.717) is 10.8 Å². The van der Waals surface area contributed by atoms with E-state index in [4.69, 9.17) is 16.0 Å². The SMILES string of the molecule is CC(NC(=O)N(C)CC(C)(C)O)c1cc2cc(Cl)ccc2o1. The van der Waals surface area contributed by atoms with Crippen molar-refractivity contribution in [1.82, 2.24) is 10.2 Å². The number of furan rings is 1. The maximum absolute atomic E-state index is 12.1. The molecule has 120 valence electrons. The number of carbonyl (C=O) groups is 1. The second-order valence-electron chi connectivity index (χ2n) is 6.17. The van der Waals surface area contributed by atoms with Gasteiger partial charge < -0.3 is 19.7 Å². The van der Waals surface area contributed by atoms with Crippen LogP contribution in [0.15, 0.2) is 28.7 Å². The summed E-state index contributed by atoms with van der Waals surface area (Å²) in [6.45, 7) is 5.39. The molecule has 1 heterocycles. The average molecular weight is 325 g/mol. The molecule has 0 aliphatic carbocycles. The van der Waals surface area contributed by atoms with Crippen LogP contribution in [-0.4, -0.2) is 35.2 Å². The molecule has 6 heteroatoms. The van der Waals surface area contributed by atoms with E-state index in [2.05, 4.69) is 5.32 Å². The lowest BCUT2D eigenvalue weighted by atomic mass is 10.1. The number of halogens is 1. The Morgan fingerprint density at radius 2 is 2.14 bits per heavy atom. The Morgan fingerprint density at radius 1 is 1.45 bits per heavy atom. The van der Waals surface area contributed by atoms with Crippen molar-refractivity contribution < 1.29 is 14.3 Å². The number of fused-ring (bicyclic) bond motifs is 1. The minimum Gasteiger partial charge on any atom is -0.459 e. The fraction of sp³-hybridized carbons (Fsp3) is 0.438. The summed E-state index contributed by atoms with van der Waals surface area (Å²) in [5.74, 6) is 0.655. The molecule has 0 aliphatic heterocycles. The van der Waals surface area contributed by atoms with E-state index in [1.54, 1.807) is 33.0 Å². The second-order valence-corrected chi connectivity index (χ2v) is 6.61. The molecule has 2 rings (SSSR count). The van der Waals surface area contributed by atoms with Crippen LogP contribution in [0.1, 0.15) is 32.6 Å². The summed E-state index contributed by atoms with van der Waals surface area (Å²) in [7, 11) is 1.64. The van der Waals surface area contributed by atoms with Gasteiger partial charge in [0.25, 0.3) is 0 Å². The van der Waals surface area contributed by atoms with Crippen LogP contribution in [0, 0.1) is 0 Å². The molecule has 0 saturated heterocycles. The molecule has 1 unspecified atom stereocenters. The van der Waals surface area contributed by atoms with Crippen molar-refractivity contribution in [3.8, 4) is 0 Å². The fourth-order valence-corrected chi connectivity index (χ4v) is 2.45. The molecule has 2 N–H and O–H groups in total. The summed E-state index contributed by atoms with van der Waals surface area (Å²) in [6.07, 6.45) is 0. The smallest absolute Gasteiger partial charge is 0.317 e. The molecule has 0 spiro atoms. The highest BCUT2D eigenvalue weighted by molar-refractivity contribution is 6.31. The number of amides is 2. The first-order chi connectivity index (χ1) is 10.2. The zero-order valence-electron chi connectivity index (χ0n) is 13.2. The Morgan fingerprint density at radius 3 is 2.77 bits per heavy atom. The molecule has 22 heavy (non-hydrogen) atoms. The van der Waals surface area contributed by atoms with Gasteiger partial charge in [-0.2, -0.15) is 0 Å². The molecule has 1 aromatic carbocycles. The van der Waals surface area contributed by atoms with Gasteiger partial charge in [0.2, 0.25) is 0 Å². The molecule has 0 fully saturated rings. The maximum atomic E-state index is 12.1. The minimum atomic E-state index is -0.939. The molecule has 5 nitrogen and oxygen atoms in total. The molecule has 0 saturated carbocycles. The van der Waals surface area contributed by atoms with Gasteiger partial charge in [-0.25, -0.2) is 4.79 Å². The highest BCUT2D eigenvalue weighted by Crippen LogP contribution is 2.26. The van der Waals surface area contributed by atoms with Crippen molar-refractivity contribution in [2.45, 2.75) is 32.4 Å². The molecule has 1 aromatic heterocycles. The van der Waals surface area contributed by atoms with Crippen LogP contribution < -0.4 is 5.32 Å². The predicted molar refractivity (Wildman–Crippen MR) is 87.1 cm³/mol. The van der Waals surface area contributed by atoms with Crippen LogP contribution in [0.2, 0.25) is 5.02 Å². The summed E-state index contributed by atoms with van der Waals surface area (Å²) in [5, 5.41) is 14.1. The maximum Gasteiger partial charge on any atom is 0.317 e. The van der Waals surface area contributed by atoms with Crippen LogP contribution in [0.3, 0.4) is 0 Å². The van der Waals surface area contributed by atoms with Gasteiger partial charge in [-0.15, -0.1) is 0 Å². The van der Waals surface area contributed by atoms with Crippen molar-refractivity contribution >= 4 is 28.6 Å². The Bertz CT molecular complexity index is 676. The quantitative estimate of drug-likeness (QED) is 0.903. The number of carbonyl (C=O) groups excluding carboxylic acids is 1. The summed E-state index contributed by atoms with van der Waals surface area (Å²) < 4.78 is 5.73. The fourth-order valence-electron chi connectivity index (χ4n) is 2.27. The van der Waals surface area contributed by atoms with E-state index in [1.807, 2.05) is 19.1 Å². The monoisotopic (exact) mass is 324 g/mol. The lowest BCUT2D eigenvalue weighted by Crippen LogP contribution is -2.45. The second kappa shape index (κ2) is 6.18. The van der Waals surface area contributed by atoms with Crippen molar-refractivity contribution in [2.75, 3.05) is 13.6 Å².